The van der Waals surface area contributed by atoms with Crippen molar-refractivity contribution in [2.24, 2.45) is 13.0 Å². The minimum Gasteiger partial charge on any atom is -0.343 e. The van der Waals surface area contributed by atoms with E-state index in [1.807, 2.05) is 73.1 Å². The Bertz CT molecular complexity index is 1650. The Balaban J connectivity index is 1.37. The summed E-state index contributed by atoms with van der Waals surface area (Å²) in [6.07, 6.45) is 3.98. The molecule has 0 bridgehead atoms. The lowest BCUT2D eigenvalue weighted by molar-refractivity contribution is 0.0931. The van der Waals surface area contributed by atoms with Gasteiger partial charge in [0.05, 0.1) is 22.9 Å². The van der Waals surface area contributed by atoms with E-state index in [1.54, 1.807) is 6.20 Å². The number of fused-ring (bicyclic) bond motifs is 2. The van der Waals surface area contributed by atoms with Crippen molar-refractivity contribution in [2.45, 2.75) is 25.8 Å². The zero-order valence-corrected chi connectivity index (χ0v) is 19.7. The molecule has 1 atom stereocenters. The average molecular weight is 463 g/mol. The third-order valence-corrected chi connectivity index (χ3v) is 6.98. The van der Waals surface area contributed by atoms with E-state index < -0.39 is 0 Å². The number of hydrogen-bond donors (Lipinski definition) is 3. The molecule has 0 aliphatic heterocycles. The van der Waals surface area contributed by atoms with Gasteiger partial charge in [-0.25, -0.2) is 0 Å². The van der Waals surface area contributed by atoms with Crippen LogP contribution in [0.15, 0.2) is 66.9 Å². The molecule has 0 saturated heterocycles. The number of aryl methyl sites for hydroxylation is 2. The summed E-state index contributed by atoms with van der Waals surface area (Å²) in [5.41, 5.74) is 6.67. The second-order valence-corrected chi connectivity index (χ2v) is 9.38. The lowest BCUT2D eigenvalue weighted by Gasteiger charge is -2.18. The Morgan fingerprint density at radius 3 is 2.74 bits per heavy atom. The van der Waals surface area contributed by atoms with E-state index in [0.717, 1.165) is 57.2 Å². The third-order valence-electron chi connectivity index (χ3n) is 6.98. The number of aromatic amines is 1. The fraction of sp³-hybridized carbons (Fsp3) is 0.214. The molecule has 0 spiro atoms. The molecule has 1 amide bonds. The molecule has 5 aromatic rings. The molecule has 7 heteroatoms. The minimum atomic E-state index is -0.106. The fourth-order valence-corrected chi connectivity index (χ4v) is 4.82. The maximum atomic E-state index is 13.3. The predicted octanol–water partition coefficient (Wildman–Crippen LogP) is 4.79. The largest absolute Gasteiger partial charge is 0.343 e. The summed E-state index contributed by atoms with van der Waals surface area (Å²) in [6, 6.07) is 19.4. The highest BCUT2D eigenvalue weighted by Gasteiger charge is 2.34. The highest BCUT2D eigenvalue weighted by molar-refractivity contribution is 6.02. The Labute approximate surface area is 202 Å². The summed E-state index contributed by atoms with van der Waals surface area (Å²) in [4.78, 5) is 17.8. The number of nitrogens with zero attached hydrogens (tertiary/aromatic N) is 3. The van der Waals surface area contributed by atoms with E-state index >= 15 is 0 Å². The average Bonchev–Trinajstić information content (AvgIpc) is 3.64. The van der Waals surface area contributed by atoms with E-state index in [1.165, 1.54) is 0 Å². The molecule has 1 aliphatic carbocycles. The summed E-state index contributed by atoms with van der Waals surface area (Å²) in [6.45, 7) is 2.02. The molecule has 174 valence electrons. The van der Waals surface area contributed by atoms with E-state index in [-0.39, 0.29) is 11.9 Å². The van der Waals surface area contributed by atoms with Gasteiger partial charge in [-0.1, -0.05) is 12.1 Å². The Morgan fingerprint density at radius 1 is 1.11 bits per heavy atom. The van der Waals surface area contributed by atoms with Gasteiger partial charge in [0.15, 0.2) is 0 Å². The van der Waals surface area contributed by atoms with Gasteiger partial charge < -0.3 is 9.88 Å². The van der Waals surface area contributed by atoms with Crippen molar-refractivity contribution < 1.29 is 4.79 Å². The molecule has 1 unspecified atom stereocenters. The van der Waals surface area contributed by atoms with Crippen LogP contribution < -0.4 is 10.8 Å². The molecule has 3 aromatic heterocycles. The molecule has 1 saturated carbocycles. The van der Waals surface area contributed by atoms with Crippen LogP contribution in [-0.2, 0) is 7.05 Å². The lowest BCUT2D eigenvalue weighted by Crippen LogP contribution is -2.30. The highest BCUT2D eigenvalue weighted by Crippen LogP contribution is 2.40. The highest BCUT2D eigenvalue weighted by atomic mass is 16.1. The van der Waals surface area contributed by atoms with Gasteiger partial charge in [-0.2, -0.15) is 5.10 Å². The topological polar surface area (TPSA) is 99.5 Å². The number of hydrogen-bond acceptors (Lipinski definition) is 4. The standard InChI is InChI=1S/C28H26N6O/c1-16-13-25(29)34(2)24-11-9-18(14-20(16)24)26-21-15-19(8-10-22(21)32-33-26)28(35)31-27(17-6-7-17)23-5-3-4-12-30-23/h3-5,8-15,17,27,29H,6-7H2,1-2H3,(H,31,35)(H,32,33). The second kappa shape index (κ2) is 8.20. The van der Waals surface area contributed by atoms with Crippen molar-refractivity contribution in [2.75, 3.05) is 0 Å². The van der Waals surface area contributed by atoms with Gasteiger partial charge in [0.2, 0.25) is 0 Å². The first-order valence-corrected chi connectivity index (χ1v) is 11.8. The molecule has 7 nitrogen and oxygen atoms in total. The summed E-state index contributed by atoms with van der Waals surface area (Å²) >= 11 is 0. The van der Waals surface area contributed by atoms with Crippen LogP contribution in [-0.4, -0.2) is 25.7 Å². The molecule has 3 heterocycles. The molecule has 3 N–H and O–H groups in total. The van der Waals surface area contributed by atoms with E-state index in [0.29, 0.717) is 17.0 Å². The maximum Gasteiger partial charge on any atom is 0.251 e. The lowest BCUT2D eigenvalue weighted by atomic mass is 10.0. The first-order chi connectivity index (χ1) is 17.0. The number of pyridine rings is 2. The van der Waals surface area contributed by atoms with Gasteiger partial charge in [-0.05, 0) is 79.8 Å². The zero-order chi connectivity index (χ0) is 24.1. The number of benzene rings is 2. The molecular formula is C28H26N6O. The molecule has 0 radical (unpaired) electrons. The van der Waals surface area contributed by atoms with Crippen LogP contribution in [0.3, 0.4) is 0 Å². The van der Waals surface area contributed by atoms with Gasteiger partial charge in [0, 0.05) is 40.7 Å². The van der Waals surface area contributed by atoms with Crippen molar-refractivity contribution in [3.05, 3.63) is 89.2 Å². The van der Waals surface area contributed by atoms with Gasteiger partial charge in [0.25, 0.3) is 5.91 Å². The van der Waals surface area contributed by atoms with Crippen LogP contribution in [0.25, 0.3) is 33.1 Å². The van der Waals surface area contributed by atoms with E-state index in [2.05, 4.69) is 26.6 Å². The Kier molecular flexibility index (Phi) is 4.99. The van der Waals surface area contributed by atoms with Gasteiger partial charge in [-0.3, -0.25) is 20.3 Å². The number of aromatic nitrogens is 4. The molecule has 35 heavy (non-hydrogen) atoms. The smallest absolute Gasteiger partial charge is 0.251 e. The summed E-state index contributed by atoms with van der Waals surface area (Å²) in [5, 5.41) is 21.0. The molecule has 1 aliphatic rings. The predicted molar refractivity (Wildman–Crippen MR) is 136 cm³/mol. The maximum absolute atomic E-state index is 13.3. The number of amides is 1. The van der Waals surface area contributed by atoms with Crippen molar-refractivity contribution in [1.82, 2.24) is 25.1 Å². The van der Waals surface area contributed by atoms with Crippen LogP contribution in [0.1, 0.15) is 40.5 Å². The number of rotatable bonds is 5. The zero-order valence-electron chi connectivity index (χ0n) is 19.7. The van der Waals surface area contributed by atoms with Crippen LogP contribution in [0.2, 0.25) is 0 Å². The van der Waals surface area contributed by atoms with Crippen molar-refractivity contribution in [3.8, 4) is 11.3 Å². The number of nitrogens with one attached hydrogen (secondary N) is 3. The molecule has 1 fully saturated rings. The minimum absolute atomic E-state index is 0.0747. The summed E-state index contributed by atoms with van der Waals surface area (Å²) in [5.74, 6) is 0.333. The van der Waals surface area contributed by atoms with Crippen LogP contribution in [0.5, 0.6) is 0 Å². The molecule has 2 aromatic carbocycles. The number of carbonyl (C=O) groups is 1. The first kappa shape index (κ1) is 21.3. The van der Waals surface area contributed by atoms with Gasteiger partial charge in [-0.15, -0.1) is 0 Å². The fourth-order valence-electron chi connectivity index (χ4n) is 4.82. The molecule has 6 rings (SSSR count). The SMILES string of the molecule is Cc1cc(=N)n(C)c2ccc(-c3n[nH]c4ccc(C(=O)NC(c5ccccn5)C5CC5)cc34)cc12. The van der Waals surface area contributed by atoms with Gasteiger partial charge >= 0.3 is 0 Å². The summed E-state index contributed by atoms with van der Waals surface area (Å²) in [7, 11) is 1.90. The van der Waals surface area contributed by atoms with Crippen molar-refractivity contribution in [3.63, 3.8) is 0 Å². The van der Waals surface area contributed by atoms with Crippen LogP contribution in [0.4, 0.5) is 0 Å². The number of H-pyrrole nitrogens is 1. The third kappa shape index (κ3) is 3.79. The Morgan fingerprint density at radius 2 is 1.97 bits per heavy atom. The first-order valence-electron chi connectivity index (χ1n) is 11.8. The molecular weight excluding hydrogens is 436 g/mol. The normalized spacial score (nSPS) is 14.3. The second-order valence-electron chi connectivity index (χ2n) is 9.38. The summed E-state index contributed by atoms with van der Waals surface area (Å²) < 4.78 is 1.87. The van der Waals surface area contributed by atoms with Crippen molar-refractivity contribution >= 4 is 27.7 Å². The number of carbonyl (C=O) groups excluding carboxylic acids is 1. The quantitative estimate of drug-likeness (QED) is 0.350. The van der Waals surface area contributed by atoms with E-state index in [9.17, 15) is 4.79 Å². The van der Waals surface area contributed by atoms with Crippen LogP contribution >= 0.6 is 0 Å². The Hall–Kier alpha value is -4.26. The van der Waals surface area contributed by atoms with Crippen LogP contribution in [0, 0.1) is 18.3 Å². The van der Waals surface area contributed by atoms with Gasteiger partial charge in [0.1, 0.15) is 5.49 Å². The monoisotopic (exact) mass is 462 g/mol. The van der Waals surface area contributed by atoms with Crippen molar-refractivity contribution in [1.29, 1.82) is 5.41 Å². The van der Waals surface area contributed by atoms with E-state index in [4.69, 9.17) is 5.41 Å².